The van der Waals surface area contributed by atoms with E-state index in [1.54, 1.807) is 38.4 Å². The van der Waals surface area contributed by atoms with E-state index >= 15 is 0 Å². The SMILES string of the molecule is CCOC(=O)C=Cc1c[nH]c2cc(OC(=O)N(C)CC)ccc12. The van der Waals surface area contributed by atoms with Crippen LogP contribution in [0.25, 0.3) is 17.0 Å². The zero-order valence-corrected chi connectivity index (χ0v) is 13.5. The number of amides is 1. The molecule has 2 aromatic rings. The van der Waals surface area contributed by atoms with E-state index < -0.39 is 6.09 Å². The first kappa shape index (κ1) is 16.6. The number of benzene rings is 1. The van der Waals surface area contributed by atoms with Gasteiger partial charge in [-0.05, 0) is 32.1 Å². The van der Waals surface area contributed by atoms with Crippen molar-refractivity contribution in [3.8, 4) is 5.75 Å². The second-order valence-electron chi connectivity index (χ2n) is 4.92. The van der Waals surface area contributed by atoms with Gasteiger partial charge in [-0.15, -0.1) is 0 Å². The maximum absolute atomic E-state index is 11.8. The van der Waals surface area contributed by atoms with Crippen molar-refractivity contribution in [3.05, 3.63) is 36.0 Å². The number of hydrogen-bond acceptors (Lipinski definition) is 4. The van der Waals surface area contributed by atoms with E-state index in [0.717, 1.165) is 16.5 Å². The molecule has 0 fully saturated rings. The van der Waals surface area contributed by atoms with E-state index in [4.69, 9.17) is 9.47 Å². The molecule has 0 radical (unpaired) electrons. The fourth-order valence-electron chi connectivity index (χ4n) is 1.99. The molecule has 6 heteroatoms. The lowest BCUT2D eigenvalue weighted by atomic mass is 10.1. The predicted molar refractivity (Wildman–Crippen MR) is 88.3 cm³/mol. The van der Waals surface area contributed by atoms with E-state index in [-0.39, 0.29) is 5.97 Å². The van der Waals surface area contributed by atoms with Gasteiger partial charge in [-0.25, -0.2) is 9.59 Å². The molecule has 0 aliphatic heterocycles. The van der Waals surface area contributed by atoms with Crippen molar-refractivity contribution in [1.82, 2.24) is 9.88 Å². The average Bonchev–Trinajstić information content (AvgIpc) is 2.94. The van der Waals surface area contributed by atoms with Gasteiger partial charge in [0, 0.05) is 48.4 Å². The van der Waals surface area contributed by atoms with Crippen LogP contribution in [-0.2, 0) is 9.53 Å². The van der Waals surface area contributed by atoms with Crippen LogP contribution in [-0.4, -0.2) is 42.1 Å². The number of aromatic amines is 1. The number of rotatable bonds is 5. The molecule has 0 aliphatic rings. The summed E-state index contributed by atoms with van der Waals surface area (Å²) >= 11 is 0. The van der Waals surface area contributed by atoms with Gasteiger partial charge in [0.15, 0.2) is 0 Å². The molecule has 0 saturated heterocycles. The normalized spacial score (nSPS) is 10.9. The van der Waals surface area contributed by atoms with E-state index in [9.17, 15) is 9.59 Å². The van der Waals surface area contributed by atoms with Gasteiger partial charge in [-0.3, -0.25) is 0 Å². The number of aromatic nitrogens is 1. The number of carbonyl (C=O) groups excluding carboxylic acids is 2. The smallest absolute Gasteiger partial charge is 0.414 e. The van der Waals surface area contributed by atoms with Gasteiger partial charge >= 0.3 is 12.1 Å². The number of hydrogen-bond donors (Lipinski definition) is 1. The Morgan fingerprint density at radius 1 is 1.30 bits per heavy atom. The summed E-state index contributed by atoms with van der Waals surface area (Å²) in [5.41, 5.74) is 1.68. The van der Waals surface area contributed by atoms with Crippen molar-refractivity contribution in [2.45, 2.75) is 13.8 Å². The Morgan fingerprint density at radius 2 is 2.09 bits per heavy atom. The predicted octanol–water partition coefficient (Wildman–Crippen LogP) is 3.19. The maximum Gasteiger partial charge on any atom is 0.414 e. The summed E-state index contributed by atoms with van der Waals surface area (Å²) in [6, 6.07) is 5.31. The third-order valence-corrected chi connectivity index (χ3v) is 3.36. The molecule has 122 valence electrons. The first-order valence-electron chi connectivity index (χ1n) is 7.44. The molecule has 0 saturated carbocycles. The lowest BCUT2D eigenvalue weighted by Crippen LogP contribution is -2.29. The number of H-pyrrole nitrogens is 1. The monoisotopic (exact) mass is 316 g/mol. The minimum atomic E-state index is -0.402. The van der Waals surface area contributed by atoms with Gasteiger partial charge < -0.3 is 19.4 Å². The largest absolute Gasteiger partial charge is 0.463 e. The fraction of sp³-hybridized carbons (Fsp3) is 0.294. The molecule has 0 bridgehead atoms. The van der Waals surface area contributed by atoms with E-state index in [0.29, 0.717) is 18.9 Å². The lowest BCUT2D eigenvalue weighted by molar-refractivity contribution is -0.137. The Labute approximate surface area is 134 Å². The summed E-state index contributed by atoms with van der Waals surface area (Å²) in [4.78, 5) is 27.7. The fourth-order valence-corrected chi connectivity index (χ4v) is 1.99. The van der Waals surface area contributed by atoms with Crippen LogP contribution in [0.3, 0.4) is 0 Å². The minimum absolute atomic E-state index is 0.345. The Bertz CT molecular complexity index is 733. The van der Waals surface area contributed by atoms with Gasteiger partial charge in [0.2, 0.25) is 0 Å². The van der Waals surface area contributed by atoms with Gasteiger partial charge in [0.25, 0.3) is 0 Å². The van der Waals surface area contributed by atoms with Crippen molar-refractivity contribution >= 4 is 29.0 Å². The highest BCUT2D eigenvalue weighted by molar-refractivity contribution is 5.94. The third-order valence-electron chi connectivity index (χ3n) is 3.36. The number of nitrogens with zero attached hydrogens (tertiary/aromatic N) is 1. The number of nitrogens with one attached hydrogen (secondary N) is 1. The zero-order chi connectivity index (χ0) is 16.8. The summed E-state index contributed by atoms with van der Waals surface area (Å²) in [6.07, 6.45) is 4.45. The first-order chi connectivity index (χ1) is 11.0. The molecule has 1 amide bonds. The summed E-state index contributed by atoms with van der Waals surface area (Å²) in [5.74, 6) is 0.0839. The van der Waals surface area contributed by atoms with Crippen LogP contribution in [0.5, 0.6) is 5.75 Å². The number of esters is 1. The molecule has 1 heterocycles. The van der Waals surface area contributed by atoms with Gasteiger partial charge in [-0.2, -0.15) is 0 Å². The maximum atomic E-state index is 11.8. The number of carbonyl (C=O) groups is 2. The van der Waals surface area contributed by atoms with Crippen molar-refractivity contribution in [2.24, 2.45) is 0 Å². The van der Waals surface area contributed by atoms with Crippen LogP contribution >= 0.6 is 0 Å². The highest BCUT2D eigenvalue weighted by atomic mass is 16.6. The second kappa shape index (κ2) is 7.49. The van der Waals surface area contributed by atoms with Crippen molar-refractivity contribution in [2.75, 3.05) is 20.2 Å². The second-order valence-corrected chi connectivity index (χ2v) is 4.92. The highest BCUT2D eigenvalue weighted by Crippen LogP contribution is 2.24. The standard InChI is InChI=1S/C17H20N2O4/c1-4-19(3)17(21)23-13-7-8-14-12(11-18-15(14)10-13)6-9-16(20)22-5-2/h6-11,18H,4-5H2,1-3H3. The third kappa shape index (κ3) is 4.12. The van der Waals surface area contributed by atoms with Crippen LogP contribution in [0.2, 0.25) is 0 Å². The van der Waals surface area contributed by atoms with Crippen LogP contribution in [0.1, 0.15) is 19.4 Å². The lowest BCUT2D eigenvalue weighted by Gasteiger charge is -2.14. The summed E-state index contributed by atoms with van der Waals surface area (Å²) in [7, 11) is 1.67. The van der Waals surface area contributed by atoms with Gasteiger partial charge in [0.05, 0.1) is 6.61 Å². The molecule has 23 heavy (non-hydrogen) atoms. The molecule has 0 spiro atoms. The Kier molecular flexibility index (Phi) is 5.41. The quantitative estimate of drug-likeness (QED) is 0.679. The topological polar surface area (TPSA) is 71.6 Å². The number of ether oxygens (including phenoxy) is 2. The Morgan fingerprint density at radius 3 is 2.78 bits per heavy atom. The average molecular weight is 316 g/mol. The van der Waals surface area contributed by atoms with Crippen LogP contribution in [0, 0.1) is 0 Å². The van der Waals surface area contributed by atoms with Gasteiger partial charge in [0.1, 0.15) is 5.75 Å². The van der Waals surface area contributed by atoms with Crippen LogP contribution < -0.4 is 4.74 Å². The van der Waals surface area contributed by atoms with Crippen molar-refractivity contribution in [3.63, 3.8) is 0 Å². The molecular formula is C17H20N2O4. The molecule has 0 atom stereocenters. The highest BCUT2D eigenvalue weighted by Gasteiger charge is 2.10. The van der Waals surface area contributed by atoms with Crippen molar-refractivity contribution in [1.29, 1.82) is 0 Å². The molecular weight excluding hydrogens is 296 g/mol. The minimum Gasteiger partial charge on any atom is -0.463 e. The molecule has 0 aliphatic carbocycles. The summed E-state index contributed by atoms with van der Waals surface area (Å²) < 4.78 is 10.1. The molecule has 1 aromatic heterocycles. The van der Waals surface area contributed by atoms with Crippen molar-refractivity contribution < 1.29 is 19.1 Å². The summed E-state index contributed by atoms with van der Waals surface area (Å²) in [6.45, 7) is 4.55. The van der Waals surface area contributed by atoms with Crippen LogP contribution in [0.4, 0.5) is 4.79 Å². The molecule has 0 unspecified atom stereocenters. The van der Waals surface area contributed by atoms with Crippen LogP contribution in [0.15, 0.2) is 30.5 Å². The molecule has 1 aromatic carbocycles. The summed E-state index contributed by atoms with van der Waals surface area (Å²) in [5, 5.41) is 0.925. The molecule has 1 N–H and O–H groups in total. The van der Waals surface area contributed by atoms with E-state index in [1.807, 2.05) is 13.0 Å². The van der Waals surface area contributed by atoms with Gasteiger partial charge in [-0.1, -0.05) is 0 Å². The zero-order valence-electron chi connectivity index (χ0n) is 13.5. The molecule has 6 nitrogen and oxygen atoms in total. The Hall–Kier alpha value is -2.76. The Balaban J connectivity index is 2.17. The van der Waals surface area contributed by atoms with E-state index in [2.05, 4.69) is 4.98 Å². The number of fused-ring (bicyclic) bond motifs is 1. The first-order valence-corrected chi connectivity index (χ1v) is 7.44. The molecule has 2 rings (SSSR count). The van der Waals surface area contributed by atoms with E-state index in [1.165, 1.54) is 11.0 Å².